The Hall–Kier alpha value is -3.63. The number of imidazole rings is 1. The van der Waals surface area contributed by atoms with Crippen LogP contribution in [0.2, 0.25) is 0 Å². The number of fused-ring (bicyclic) bond motifs is 3. The number of anilines is 1. The molecule has 1 amide bonds. The van der Waals surface area contributed by atoms with Crippen molar-refractivity contribution >= 4 is 22.9 Å². The number of nitrogen functional groups attached to an aromatic ring is 1. The van der Waals surface area contributed by atoms with Gasteiger partial charge >= 0.3 is 6.01 Å². The number of ether oxygens (including phenoxy) is 2. The second-order valence-electron chi connectivity index (χ2n) is 5.87. The number of nitrogens with zero attached hydrogens (tertiary/aromatic N) is 5. The molecule has 4 N–H and O–H groups in total. The van der Waals surface area contributed by atoms with Crippen molar-refractivity contribution in [3.8, 4) is 17.9 Å². The average molecular weight is 371 g/mol. The molecule has 4 rings (SSSR count). The molecule has 1 aliphatic heterocycles. The first-order valence-electron chi connectivity index (χ1n) is 8.31. The molecule has 0 saturated carbocycles. The molecule has 0 saturated heterocycles. The lowest BCUT2D eigenvalue weighted by Crippen LogP contribution is -2.30. The summed E-state index contributed by atoms with van der Waals surface area (Å²) in [6, 6.07) is 4.95. The van der Waals surface area contributed by atoms with Gasteiger partial charge in [0.2, 0.25) is 5.88 Å². The fourth-order valence-electron chi connectivity index (χ4n) is 2.64. The van der Waals surface area contributed by atoms with Crippen LogP contribution in [-0.4, -0.2) is 55.3 Å². The highest BCUT2D eigenvalue weighted by atomic mass is 16.5. The Labute approximate surface area is 153 Å². The first-order chi connectivity index (χ1) is 13.1. The minimum absolute atomic E-state index is 0.0737. The molecular formula is C16H17N7O4. The van der Waals surface area contributed by atoms with Crippen LogP contribution in [-0.2, 0) is 11.3 Å². The van der Waals surface area contributed by atoms with Crippen molar-refractivity contribution in [3.05, 3.63) is 23.9 Å². The largest absolute Gasteiger partial charge is 0.480 e. The molecule has 0 fully saturated rings. The molecule has 27 heavy (non-hydrogen) atoms. The van der Waals surface area contributed by atoms with E-state index in [1.54, 1.807) is 18.2 Å². The number of hydrogen-bond donors (Lipinski definition) is 3. The third-order valence-electron chi connectivity index (χ3n) is 3.91. The van der Waals surface area contributed by atoms with Gasteiger partial charge in [-0.1, -0.05) is 6.07 Å². The summed E-state index contributed by atoms with van der Waals surface area (Å²) in [7, 11) is 0. The van der Waals surface area contributed by atoms with E-state index in [0.29, 0.717) is 30.2 Å². The number of hydrogen-bond acceptors (Lipinski definition) is 9. The maximum Gasteiger partial charge on any atom is 0.320 e. The SMILES string of the molecule is Nc1nc2nc3c1nc(O)n3Cc1cccc(n1)OCC(=O)NCCCO2. The average Bonchev–Trinajstić information content (AvgIpc) is 2.96. The Morgan fingerprint density at radius 1 is 1.19 bits per heavy atom. The lowest BCUT2D eigenvalue weighted by Gasteiger charge is -2.11. The first-order valence-corrected chi connectivity index (χ1v) is 8.31. The summed E-state index contributed by atoms with van der Waals surface area (Å²) in [6.07, 6.45) is 0.547. The molecule has 4 heterocycles. The van der Waals surface area contributed by atoms with Crippen molar-refractivity contribution in [3.63, 3.8) is 0 Å². The van der Waals surface area contributed by atoms with E-state index < -0.39 is 0 Å². The van der Waals surface area contributed by atoms with Crippen LogP contribution >= 0.6 is 0 Å². The Kier molecular flexibility index (Phi) is 4.32. The van der Waals surface area contributed by atoms with Crippen molar-refractivity contribution in [1.29, 1.82) is 0 Å². The molecule has 11 nitrogen and oxygen atoms in total. The van der Waals surface area contributed by atoms with E-state index in [2.05, 4.69) is 25.3 Å². The number of carbonyl (C=O) groups excluding carboxylic acids is 1. The predicted octanol–water partition coefficient (Wildman–Crippen LogP) is -0.165. The summed E-state index contributed by atoms with van der Waals surface area (Å²) in [5.41, 5.74) is 7.12. The highest BCUT2D eigenvalue weighted by Gasteiger charge is 2.18. The van der Waals surface area contributed by atoms with Crippen LogP contribution in [0.1, 0.15) is 12.1 Å². The standard InChI is InChI=1S/C16H17N7O4/c17-13-12-14-22-15(21-13)26-6-2-5-18-10(24)8-27-11-4-1-3-9(19-11)7-23(14)16(25)20-12/h1,3-4H,2,5-8H2,(H,18,24)(H,20,25)(H2,17,21,22). The van der Waals surface area contributed by atoms with Gasteiger partial charge in [-0.2, -0.15) is 15.0 Å². The Balaban J connectivity index is 1.76. The van der Waals surface area contributed by atoms with Gasteiger partial charge in [0.05, 0.1) is 18.8 Å². The fraction of sp³-hybridized carbons (Fsp3) is 0.312. The maximum absolute atomic E-state index is 11.8. The molecule has 0 unspecified atom stereocenters. The highest BCUT2D eigenvalue weighted by Crippen LogP contribution is 2.25. The zero-order chi connectivity index (χ0) is 18.8. The number of nitrogens with one attached hydrogen (secondary N) is 1. The van der Waals surface area contributed by atoms with Crippen molar-refractivity contribution < 1.29 is 19.4 Å². The number of rotatable bonds is 0. The van der Waals surface area contributed by atoms with Crippen LogP contribution in [0.4, 0.5) is 5.82 Å². The molecule has 0 aromatic carbocycles. The molecule has 0 radical (unpaired) electrons. The van der Waals surface area contributed by atoms with E-state index in [-0.39, 0.29) is 49.0 Å². The van der Waals surface area contributed by atoms with Crippen LogP contribution in [0.3, 0.4) is 0 Å². The number of carbonyl (C=O) groups is 1. The summed E-state index contributed by atoms with van der Waals surface area (Å²) < 4.78 is 12.4. The van der Waals surface area contributed by atoms with E-state index in [4.69, 9.17) is 15.2 Å². The number of pyridine rings is 1. The molecule has 4 bridgehead atoms. The van der Waals surface area contributed by atoms with E-state index in [0.717, 1.165) is 0 Å². The summed E-state index contributed by atoms with van der Waals surface area (Å²) in [6.45, 7) is 0.719. The van der Waals surface area contributed by atoms with Gasteiger partial charge in [-0.25, -0.2) is 4.98 Å². The first kappa shape index (κ1) is 16.8. The quantitative estimate of drug-likeness (QED) is 0.489. The Bertz CT molecular complexity index is 1000. The summed E-state index contributed by atoms with van der Waals surface area (Å²) in [5.74, 6) is 0.145. The van der Waals surface area contributed by atoms with Crippen molar-refractivity contribution in [1.82, 2.24) is 29.8 Å². The van der Waals surface area contributed by atoms with E-state index in [1.165, 1.54) is 4.57 Å². The number of nitrogens with two attached hydrogens (primary N) is 1. The summed E-state index contributed by atoms with van der Waals surface area (Å²) in [4.78, 5) is 28.5. The van der Waals surface area contributed by atoms with Gasteiger partial charge in [-0.15, -0.1) is 0 Å². The van der Waals surface area contributed by atoms with Gasteiger partial charge in [0.25, 0.3) is 11.9 Å². The lowest BCUT2D eigenvalue weighted by atomic mass is 10.3. The third-order valence-corrected chi connectivity index (χ3v) is 3.91. The Morgan fingerprint density at radius 2 is 2.07 bits per heavy atom. The molecular weight excluding hydrogens is 354 g/mol. The third kappa shape index (κ3) is 3.52. The monoisotopic (exact) mass is 371 g/mol. The van der Waals surface area contributed by atoms with Crippen LogP contribution in [0.25, 0.3) is 11.2 Å². The van der Waals surface area contributed by atoms with E-state index in [1.807, 2.05) is 0 Å². The molecule has 140 valence electrons. The molecule has 0 atom stereocenters. The number of amides is 1. The number of aromatic hydroxyl groups is 1. The molecule has 0 spiro atoms. The second kappa shape index (κ2) is 6.94. The van der Waals surface area contributed by atoms with Gasteiger partial charge in [-0.05, 0) is 12.5 Å². The van der Waals surface area contributed by atoms with Crippen molar-refractivity contribution in [2.24, 2.45) is 0 Å². The minimum Gasteiger partial charge on any atom is -0.480 e. The smallest absolute Gasteiger partial charge is 0.320 e. The molecule has 0 aliphatic carbocycles. The normalized spacial score (nSPS) is 15.2. The minimum atomic E-state index is -0.267. The van der Waals surface area contributed by atoms with Gasteiger partial charge < -0.3 is 25.6 Å². The van der Waals surface area contributed by atoms with Gasteiger partial charge in [0.15, 0.2) is 23.6 Å². The fourth-order valence-corrected chi connectivity index (χ4v) is 2.64. The Morgan fingerprint density at radius 3 is 2.96 bits per heavy atom. The zero-order valence-corrected chi connectivity index (χ0v) is 14.3. The zero-order valence-electron chi connectivity index (χ0n) is 14.3. The van der Waals surface area contributed by atoms with Crippen LogP contribution < -0.4 is 20.5 Å². The van der Waals surface area contributed by atoms with Gasteiger partial charge in [0.1, 0.15) is 0 Å². The maximum atomic E-state index is 11.8. The highest BCUT2D eigenvalue weighted by molar-refractivity contribution is 5.83. The van der Waals surface area contributed by atoms with Crippen LogP contribution in [0.15, 0.2) is 18.2 Å². The van der Waals surface area contributed by atoms with Crippen molar-refractivity contribution in [2.45, 2.75) is 13.0 Å². The van der Waals surface area contributed by atoms with Crippen molar-refractivity contribution in [2.75, 3.05) is 25.5 Å². The molecule has 11 heteroatoms. The summed E-state index contributed by atoms with van der Waals surface area (Å²) >= 11 is 0. The van der Waals surface area contributed by atoms with Crippen LogP contribution in [0, 0.1) is 0 Å². The van der Waals surface area contributed by atoms with Gasteiger partial charge in [0, 0.05) is 12.6 Å². The molecule has 3 aromatic heterocycles. The number of aromatic nitrogens is 5. The van der Waals surface area contributed by atoms with Crippen LogP contribution in [0.5, 0.6) is 17.9 Å². The second-order valence-corrected chi connectivity index (χ2v) is 5.87. The summed E-state index contributed by atoms with van der Waals surface area (Å²) in [5, 5.41) is 12.9. The van der Waals surface area contributed by atoms with E-state index in [9.17, 15) is 9.90 Å². The predicted molar refractivity (Wildman–Crippen MR) is 93.4 cm³/mol. The lowest BCUT2D eigenvalue weighted by molar-refractivity contribution is -0.123. The molecule has 3 aromatic rings. The molecule has 1 aliphatic rings. The van der Waals surface area contributed by atoms with Gasteiger partial charge in [-0.3, -0.25) is 9.36 Å². The topological polar surface area (TPSA) is 150 Å². The van der Waals surface area contributed by atoms with E-state index >= 15 is 0 Å².